The maximum Gasteiger partial charge on any atom is 0.244 e. The van der Waals surface area contributed by atoms with E-state index in [4.69, 9.17) is 5.73 Å². The van der Waals surface area contributed by atoms with Crippen LogP contribution in [0.3, 0.4) is 0 Å². The van der Waals surface area contributed by atoms with Crippen LogP contribution >= 0.6 is 0 Å². The van der Waals surface area contributed by atoms with Gasteiger partial charge in [-0.05, 0) is 6.07 Å². The van der Waals surface area contributed by atoms with Gasteiger partial charge in [0.05, 0.1) is 12.3 Å². The van der Waals surface area contributed by atoms with Crippen LogP contribution in [0.5, 0.6) is 0 Å². The Morgan fingerprint density at radius 3 is 2.52 bits per heavy atom. The summed E-state index contributed by atoms with van der Waals surface area (Å²) < 4.78 is 47.8. The van der Waals surface area contributed by atoms with Gasteiger partial charge in [0.15, 0.2) is 0 Å². The molecule has 1 heterocycles. The van der Waals surface area contributed by atoms with Crippen molar-refractivity contribution in [2.24, 2.45) is 5.73 Å². The third-order valence-corrected chi connectivity index (χ3v) is 5.28. The monoisotopic (exact) mass is 331 g/mol. The van der Waals surface area contributed by atoms with E-state index in [0.29, 0.717) is 5.56 Å². The second-order valence-electron chi connectivity index (χ2n) is 4.37. The zero-order valence-corrected chi connectivity index (χ0v) is 13.4. The molecule has 0 saturated heterocycles. The van der Waals surface area contributed by atoms with Crippen LogP contribution < -0.4 is 5.73 Å². The summed E-state index contributed by atoms with van der Waals surface area (Å²) in [6.45, 7) is 0.0328. The number of aromatic nitrogens is 1. The van der Waals surface area contributed by atoms with E-state index in [0.717, 1.165) is 10.6 Å². The molecule has 21 heavy (non-hydrogen) atoms. The summed E-state index contributed by atoms with van der Waals surface area (Å²) in [5.74, 6) is 5.06. The Labute approximate surface area is 125 Å². The number of sulfone groups is 1. The van der Waals surface area contributed by atoms with Gasteiger partial charge < -0.3 is 5.73 Å². The molecule has 9 heteroatoms. The lowest BCUT2D eigenvalue weighted by atomic mass is 10.3. The molecule has 7 nitrogen and oxygen atoms in total. The van der Waals surface area contributed by atoms with Gasteiger partial charge in [0.2, 0.25) is 10.0 Å². The SMILES string of the molecule is CN(CCS(C)(=O)=O)S(=O)(=O)c1cncc(C#CCN)c1. The zero-order valence-electron chi connectivity index (χ0n) is 11.8. The second kappa shape index (κ2) is 7.00. The molecule has 0 aliphatic rings. The average molecular weight is 331 g/mol. The lowest BCUT2D eigenvalue weighted by Gasteiger charge is -2.16. The molecule has 0 aromatic carbocycles. The predicted molar refractivity (Wildman–Crippen MR) is 79.7 cm³/mol. The summed E-state index contributed by atoms with van der Waals surface area (Å²) in [5.41, 5.74) is 5.68. The minimum Gasteiger partial charge on any atom is -0.320 e. The van der Waals surface area contributed by atoms with Crippen molar-refractivity contribution in [2.45, 2.75) is 4.90 Å². The highest BCUT2D eigenvalue weighted by atomic mass is 32.2. The Morgan fingerprint density at radius 2 is 1.95 bits per heavy atom. The van der Waals surface area contributed by atoms with Gasteiger partial charge in [-0.15, -0.1) is 0 Å². The summed E-state index contributed by atoms with van der Waals surface area (Å²) in [4.78, 5) is 3.79. The smallest absolute Gasteiger partial charge is 0.244 e. The molecular weight excluding hydrogens is 314 g/mol. The summed E-state index contributed by atoms with van der Waals surface area (Å²) in [6, 6.07) is 1.38. The van der Waals surface area contributed by atoms with Gasteiger partial charge in [0.1, 0.15) is 14.7 Å². The van der Waals surface area contributed by atoms with Gasteiger partial charge in [0.25, 0.3) is 0 Å². The minimum atomic E-state index is -3.80. The molecule has 0 aliphatic carbocycles. The summed E-state index contributed by atoms with van der Waals surface area (Å²) >= 11 is 0. The Morgan fingerprint density at radius 1 is 1.29 bits per heavy atom. The molecule has 0 atom stereocenters. The molecule has 1 aromatic rings. The van der Waals surface area contributed by atoms with Crippen molar-refractivity contribution in [3.8, 4) is 11.8 Å². The molecule has 0 bridgehead atoms. The number of nitrogens with two attached hydrogens (primary N) is 1. The van der Waals surface area contributed by atoms with Crippen LogP contribution in [0.15, 0.2) is 23.4 Å². The predicted octanol–water partition coefficient (Wildman–Crippen LogP) is -0.943. The van der Waals surface area contributed by atoms with Crippen molar-refractivity contribution in [1.82, 2.24) is 9.29 Å². The second-order valence-corrected chi connectivity index (χ2v) is 8.68. The number of hydrogen-bond acceptors (Lipinski definition) is 6. The van der Waals surface area contributed by atoms with Crippen LogP contribution in [0.1, 0.15) is 5.56 Å². The number of rotatable bonds is 5. The van der Waals surface area contributed by atoms with Crippen molar-refractivity contribution in [2.75, 3.05) is 32.1 Å². The van der Waals surface area contributed by atoms with Gasteiger partial charge in [0, 0.05) is 37.8 Å². The highest BCUT2D eigenvalue weighted by Gasteiger charge is 2.22. The van der Waals surface area contributed by atoms with E-state index in [1.54, 1.807) is 0 Å². The van der Waals surface area contributed by atoms with E-state index in [2.05, 4.69) is 16.8 Å². The molecule has 0 radical (unpaired) electrons. The van der Waals surface area contributed by atoms with Crippen molar-refractivity contribution in [1.29, 1.82) is 0 Å². The minimum absolute atomic E-state index is 0.0395. The van der Waals surface area contributed by atoms with Gasteiger partial charge in [-0.1, -0.05) is 11.8 Å². The summed E-state index contributed by atoms with van der Waals surface area (Å²) in [6.07, 6.45) is 3.68. The Balaban J connectivity index is 3.02. The number of hydrogen-bond donors (Lipinski definition) is 1. The third-order valence-electron chi connectivity index (χ3n) is 2.53. The Kier molecular flexibility index (Phi) is 5.86. The molecule has 0 amide bonds. The standard InChI is InChI=1S/C12H17N3O4S2/c1-15(6-7-20(2,16)17)21(18,19)12-8-11(4-3-5-13)9-14-10-12/h8-10H,5-7,13H2,1-2H3. The number of nitrogens with zero attached hydrogens (tertiary/aromatic N) is 2. The van der Waals surface area contributed by atoms with Crippen LogP contribution in [-0.2, 0) is 19.9 Å². The van der Waals surface area contributed by atoms with Crippen molar-refractivity contribution in [3.05, 3.63) is 24.0 Å². The van der Waals surface area contributed by atoms with Crippen molar-refractivity contribution in [3.63, 3.8) is 0 Å². The fourth-order valence-corrected chi connectivity index (χ4v) is 3.26. The van der Waals surface area contributed by atoms with Gasteiger partial charge in [-0.25, -0.2) is 16.8 Å². The first-order chi connectivity index (χ1) is 9.66. The van der Waals surface area contributed by atoms with Gasteiger partial charge in [-0.3, -0.25) is 4.98 Å². The van der Waals surface area contributed by atoms with E-state index in [9.17, 15) is 16.8 Å². The maximum absolute atomic E-state index is 12.3. The lowest BCUT2D eigenvalue weighted by molar-refractivity contribution is 0.484. The van der Waals surface area contributed by atoms with E-state index < -0.39 is 19.9 Å². The quantitative estimate of drug-likeness (QED) is 0.697. The third kappa shape index (κ3) is 5.43. The molecule has 1 aromatic heterocycles. The van der Waals surface area contributed by atoms with Crippen LogP contribution in [0, 0.1) is 11.8 Å². The Bertz CT molecular complexity index is 761. The van der Waals surface area contributed by atoms with Crippen molar-refractivity contribution >= 4 is 19.9 Å². The Hall–Kier alpha value is -1.47. The van der Waals surface area contributed by atoms with E-state index in [1.165, 1.54) is 25.5 Å². The first kappa shape index (κ1) is 17.6. The lowest BCUT2D eigenvalue weighted by Crippen LogP contribution is -2.31. The van der Waals surface area contributed by atoms with Crippen LogP contribution in [-0.4, -0.2) is 58.3 Å². The average Bonchev–Trinajstić information content (AvgIpc) is 2.42. The highest BCUT2D eigenvalue weighted by Crippen LogP contribution is 2.14. The van der Waals surface area contributed by atoms with E-state index in [-0.39, 0.29) is 23.7 Å². The molecule has 0 unspecified atom stereocenters. The van der Waals surface area contributed by atoms with Crippen LogP contribution in [0.2, 0.25) is 0 Å². The molecule has 0 fully saturated rings. The molecule has 0 aliphatic heterocycles. The van der Waals surface area contributed by atoms with E-state index in [1.807, 2.05) is 0 Å². The van der Waals surface area contributed by atoms with Crippen LogP contribution in [0.25, 0.3) is 0 Å². The topological polar surface area (TPSA) is 110 Å². The van der Waals surface area contributed by atoms with Crippen molar-refractivity contribution < 1.29 is 16.8 Å². The number of sulfonamides is 1. The first-order valence-corrected chi connectivity index (χ1v) is 9.45. The molecule has 1 rings (SSSR count). The maximum atomic E-state index is 12.3. The summed E-state index contributed by atoms with van der Waals surface area (Å²) in [5, 5.41) is 0. The highest BCUT2D eigenvalue weighted by molar-refractivity contribution is 7.91. The molecule has 2 N–H and O–H groups in total. The largest absolute Gasteiger partial charge is 0.320 e. The molecule has 0 saturated carbocycles. The van der Waals surface area contributed by atoms with E-state index >= 15 is 0 Å². The summed E-state index contributed by atoms with van der Waals surface area (Å²) in [7, 11) is -5.72. The van der Waals surface area contributed by atoms with Gasteiger partial charge in [-0.2, -0.15) is 4.31 Å². The fraction of sp³-hybridized carbons (Fsp3) is 0.417. The fourth-order valence-electron chi connectivity index (χ4n) is 1.38. The molecule has 0 spiro atoms. The first-order valence-electron chi connectivity index (χ1n) is 5.95. The van der Waals surface area contributed by atoms with Crippen LogP contribution in [0.4, 0.5) is 0 Å². The zero-order chi connectivity index (χ0) is 16.1. The normalized spacial score (nSPS) is 12.0. The van der Waals surface area contributed by atoms with Gasteiger partial charge >= 0.3 is 0 Å². The molecular formula is C12H17N3O4S2. The molecule has 116 valence electrons. The number of pyridine rings is 1.